The number of ether oxygens (including phenoxy) is 4. The molecule has 0 aliphatic heterocycles. The number of para-hydroxylation sites is 1. The van der Waals surface area contributed by atoms with Crippen molar-refractivity contribution in [2.75, 3.05) is 14.2 Å². The summed E-state index contributed by atoms with van der Waals surface area (Å²) in [5.74, 6) is 2.09. The van der Waals surface area contributed by atoms with Crippen molar-refractivity contribution in [2.45, 2.75) is 13.5 Å². The van der Waals surface area contributed by atoms with E-state index in [1.54, 1.807) is 38.5 Å². The van der Waals surface area contributed by atoms with Crippen molar-refractivity contribution >= 4 is 5.97 Å². The molecule has 0 saturated heterocycles. The second-order valence-corrected chi connectivity index (χ2v) is 6.15. The molecule has 0 radical (unpaired) electrons. The van der Waals surface area contributed by atoms with Gasteiger partial charge in [0.25, 0.3) is 0 Å². The lowest BCUT2D eigenvalue weighted by Crippen LogP contribution is -2.06. The predicted molar refractivity (Wildman–Crippen MR) is 106 cm³/mol. The summed E-state index contributed by atoms with van der Waals surface area (Å²) < 4.78 is 21.8. The van der Waals surface area contributed by atoms with Crippen molar-refractivity contribution in [2.24, 2.45) is 0 Å². The van der Waals surface area contributed by atoms with Crippen molar-refractivity contribution in [1.29, 1.82) is 0 Å². The number of carbonyl (C=O) groups is 1. The molecule has 0 aromatic heterocycles. The van der Waals surface area contributed by atoms with Crippen LogP contribution in [0, 0.1) is 6.92 Å². The van der Waals surface area contributed by atoms with E-state index in [1.165, 1.54) is 0 Å². The lowest BCUT2D eigenvalue weighted by molar-refractivity contribution is 0.0471. The highest BCUT2D eigenvalue weighted by Crippen LogP contribution is 2.30. The second kappa shape index (κ2) is 8.95. The van der Waals surface area contributed by atoms with Gasteiger partial charge in [0.2, 0.25) is 0 Å². The molecule has 0 fully saturated rings. The van der Waals surface area contributed by atoms with Gasteiger partial charge in [-0.3, -0.25) is 0 Å². The molecule has 144 valence electrons. The minimum absolute atomic E-state index is 0.134. The van der Waals surface area contributed by atoms with E-state index in [-0.39, 0.29) is 6.61 Å². The second-order valence-electron chi connectivity index (χ2n) is 6.15. The molecule has 28 heavy (non-hydrogen) atoms. The number of aryl methyl sites for hydroxylation is 1. The minimum Gasteiger partial charge on any atom is -0.493 e. The molecule has 0 amide bonds. The maximum atomic E-state index is 12.5. The largest absolute Gasteiger partial charge is 0.493 e. The molecule has 0 aliphatic rings. The molecule has 0 atom stereocenters. The van der Waals surface area contributed by atoms with Crippen LogP contribution in [0.3, 0.4) is 0 Å². The third-order valence-electron chi connectivity index (χ3n) is 4.25. The number of hydrogen-bond acceptors (Lipinski definition) is 5. The van der Waals surface area contributed by atoms with Crippen LogP contribution >= 0.6 is 0 Å². The lowest BCUT2D eigenvalue weighted by Gasteiger charge is -2.13. The van der Waals surface area contributed by atoms with E-state index < -0.39 is 5.97 Å². The summed E-state index contributed by atoms with van der Waals surface area (Å²) in [5, 5.41) is 0. The Kier molecular flexibility index (Phi) is 6.17. The van der Waals surface area contributed by atoms with Crippen LogP contribution in [0.5, 0.6) is 23.0 Å². The van der Waals surface area contributed by atoms with Gasteiger partial charge in [-0.25, -0.2) is 4.79 Å². The van der Waals surface area contributed by atoms with Gasteiger partial charge in [-0.2, -0.15) is 0 Å². The van der Waals surface area contributed by atoms with E-state index in [0.29, 0.717) is 28.6 Å². The average molecular weight is 378 g/mol. The number of benzene rings is 3. The number of esters is 1. The van der Waals surface area contributed by atoms with Crippen LogP contribution in [0.2, 0.25) is 0 Å². The standard InChI is InChI=1S/C23H22O5/c1-16-12-21(25-2)22(26-3)14-18(16)15-27-23(24)17-8-7-11-20(13-17)28-19-9-5-4-6-10-19/h4-14H,15H2,1-3H3. The van der Waals surface area contributed by atoms with Gasteiger partial charge in [-0.1, -0.05) is 24.3 Å². The fraction of sp³-hybridized carbons (Fsp3) is 0.174. The minimum atomic E-state index is -0.423. The molecule has 3 aromatic rings. The first-order valence-electron chi connectivity index (χ1n) is 8.82. The van der Waals surface area contributed by atoms with Crippen LogP contribution in [0.15, 0.2) is 66.7 Å². The molecule has 3 aromatic carbocycles. The predicted octanol–water partition coefficient (Wildman–Crippen LogP) is 5.16. The Labute approximate surface area is 164 Å². The first-order valence-corrected chi connectivity index (χ1v) is 8.82. The van der Waals surface area contributed by atoms with Crippen LogP contribution in [0.1, 0.15) is 21.5 Å². The zero-order chi connectivity index (χ0) is 19.9. The lowest BCUT2D eigenvalue weighted by atomic mass is 10.1. The Morgan fingerprint density at radius 1 is 0.821 bits per heavy atom. The van der Waals surface area contributed by atoms with Crippen molar-refractivity contribution in [3.05, 3.63) is 83.4 Å². The summed E-state index contributed by atoms with van der Waals surface area (Å²) in [7, 11) is 3.16. The molecule has 5 nitrogen and oxygen atoms in total. The van der Waals surface area contributed by atoms with E-state index in [1.807, 2.05) is 49.4 Å². The Morgan fingerprint density at radius 2 is 1.50 bits per heavy atom. The molecule has 0 spiro atoms. The molecule has 3 rings (SSSR count). The zero-order valence-corrected chi connectivity index (χ0v) is 16.1. The SMILES string of the molecule is COc1cc(C)c(COC(=O)c2cccc(Oc3ccccc3)c2)cc1OC. The van der Waals surface area contributed by atoms with Gasteiger partial charge in [-0.15, -0.1) is 0 Å². The highest BCUT2D eigenvalue weighted by molar-refractivity contribution is 5.89. The third kappa shape index (κ3) is 4.62. The molecule has 0 aliphatic carbocycles. The van der Waals surface area contributed by atoms with Crippen LogP contribution < -0.4 is 14.2 Å². The molecule has 0 saturated carbocycles. The molecule has 0 heterocycles. The maximum Gasteiger partial charge on any atom is 0.338 e. The van der Waals surface area contributed by atoms with Gasteiger partial charge >= 0.3 is 5.97 Å². The third-order valence-corrected chi connectivity index (χ3v) is 4.25. The van der Waals surface area contributed by atoms with Crippen LogP contribution in [0.25, 0.3) is 0 Å². The number of rotatable bonds is 7. The first-order chi connectivity index (χ1) is 13.6. The van der Waals surface area contributed by atoms with Crippen molar-refractivity contribution in [1.82, 2.24) is 0 Å². The highest BCUT2D eigenvalue weighted by Gasteiger charge is 2.13. The topological polar surface area (TPSA) is 54.0 Å². The van der Waals surface area contributed by atoms with Crippen LogP contribution in [-0.4, -0.2) is 20.2 Å². The van der Waals surface area contributed by atoms with Crippen LogP contribution in [-0.2, 0) is 11.3 Å². The van der Waals surface area contributed by atoms with E-state index in [0.717, 1.165) is 11.1 Å². The van der Waals surface area contributed by atoms with Crippen molar-refractivity contribution in [3.63, 3.8) is 0 Å². The molecular formula is C23H22O5. The zero-order valence-electron chi connectivity index (χ0n) is 16.1. The smallest absolute Gasteiger partial charge is 0.338 e. The van der Waals surface area contributed by atoms with Crippen molar-refractivity contribution < 1.29 is 23.7 Å². The van der Waals surface area contributed by atoms with Gasteiger partial charge in [0.15, 0.2) is 11.5 Å². The maximum absolute atomic E-state index is 12.5. The Hall–Kier alpha value is -3.47. The summed E-state index contributed by atoms with van der Waals surface area (Å²) in [5.41, 5.74) is 2.22. The monoisotopic (exact) mass is 378 g/mol. The summed E-state index contributed by atoms with van der Waals surface area (Å²) in [6.45, 7) is 2.06. The molecule has 0 unspecified atom stereocenters. The van der Waals surface area contributed by atoms with E-state index >= 15 is 0 Å². The highest BCUT2D eigenvalue weighted by atomic mass is 16.5. The van der Waals surface area contributed by atoms with Gasteiger partial charge in [0, 0.05) is 0 Å². The van der Waals surface area contributed by atoms with E-state index in [9.17, 15) is 4.79 Å². The summed E-state index contributed by atoms with van der Waals surface area (Å²) in [4.78, 5) is 12.5. The molecule has 0 bridgehead atoms. The molecule has 0 N–H and O–H groups in total. The van der Waals surface area contributed by atoms with Gasteiger partial charge in [-0.05, 0) is 60.5 Å². The van der Waals surface area contributed by atoms with Crippen LogP contribution in [0.4, 0.5) is 0 Å². The normalized spacial score (nSPS) is 10.2. The quantitative estimate of drug-likeness (QED) is 0.532. The molecule has 5 heteroatoms. The average Bonchev–Trinajstić information content (AvgIpc) is 2.73. The van der Waals surface area contributed by atoms with E-state index in [4.69, 9.17) is 18.9 Å². The first kappa shape index (κ1) is 19.3. The number of hydrogen-bond donors (Lipinski definition) is 0. The number of methoxy groups -OCH3 is 2. The summed E-state index contributed by atoms with van der Waals surface area (Å²) in [6.07, 6.45) is 0. The fourth-order valence-electron chi connectivity index (χ4n) is 2.72. The Balaban J connectivity index is 1.69. The number of carbonyl (C=O) groups excluding carboxylic acids is 1. The molecular weight excluding hydrogens is 356 g/mol. The fourth-order valence-corrected chi connectivity index (χ4v) is 2.72. The summed E-state index contributed by atoms with van der Waals surface area (Å²) >= 11 is 0. The Bertz CT molecular complexity index is 950. The van der Waals surface area contributed by atoms with Gasteiger partial charge in [0.1, 0.15) is 18.1 Å². The van der Waals surface area contributed by atoms with E-state index in [2.05, 4.69) is 0 Å². The Morgan fingerprint density at radius 3 is 2.21 bits per heavy atom. The van der Waals surface area contributed by atoms with Gasteiger partial charge in [0.05, 0.1) is 19.8 Å². The summed E-state index contributed by atoms with van der Waals surface area (Å²) in [6, 6.07) is 20.0. The van der Waals surface area contributed by atoms with Crippen molar-refractivity contribution in [3.8, 4) is 23.0 Å². The van der Waals surface area contributed by atoms with Gasteiger partial charge < -0.3 is 18.9 Å².